The zero-order valence-electron chi connectivity index (χ0n) is 16.0. The van der Waals surface area contributed by atoms with E-state index >= 15 is 0 Å². The van der Waals surface area contributed by atoms with E-state index in [0.29, 0.717) is 23.5 Å². The number of nitrogens with zero attached hydrogens (tertiary/aromatic N) is 1. The number of piperidine rings is 1. The first kappa shape index (κ1) is 19.0. The summed E-state index contributed by atoms with van der Waals surface area (Å²) in [4.78, 5) is 15.1. The van der Waals surface area contributed by atoms with Crippen LogP contribution in [-0.2, 0) is 14.6 Å². The average molecular weight is 400 g/mol. The Labute approximate surface area is 166 Å². The van der Waals surface area contributed by atoms with Crippen LogP contribution in [0.5, 0.6) is 5.75 Å². The number of rotatable bonds is 5. The third-order valence-corrected chi connectivity index (χ3v) is 8.03. The summed E-state index contributed by atoms with van der Waals surface area (Å²) >= 11 is 0. The molecule has 2 atom stereocenters. The average Bonchev–Trinajstić information content (AvgIpc) is 2.96. The lowest BCUT2D eigenvalue weighted by atomic mass is 10.0. The largest absolute Gasteiger partial charge is 0.484 e. The van der Waals surface area contributed by atoms with Crippen molar-refractivity contribution in [3.05, 3.63) is 60.2 Å². The summed E-state index contributed by atoms with van der Waals surface area (Å²) in [5.74, 6) is 0.631. The van der Waals surface area contributed by atoms with E-state index in [0.717, 1.165) is 18.4 Å². The van der Waals surface area contributed by atoms with Gasteiger partial charge in [-0.25, -0.2) is 8.42 Å². The molecule has 0 N–H and O–H groups in total. The summed E-state index contributed by atoms with van der Waals surface area (Å²) in [6.07, 6.45) is 2.73. The second-order valence-electron chi connectivity index (χ2n) is 7.74. The van der Waals surface area contributed by atoms with E-state index in [4.69, 9.17) is 4.74 Å². The minimum absolute atomic E-state index is 0.00739. The van der Waals surface area contributed by atoms with Crippen molar-refractivity contribution >= 4 is 15.7 Å². The van der Waals surface area contributed by atoms with Crippen LogP contribution in [-0.4, -0.2) is 43.2 Å². The van der Waals surface area contributed by atoms with Gasteiger partial charge in [0.25, 0.3) is 5.91 Å². The fraction of sp³-hybridized carbons (Fsp3) is 0.409. The Hall–Kier alpha value is -2.34. The van der Waals surface area contributed by atoms with Crippen molar-refractivity contribution in [1.29, 1.82) is 0 Å². The van der Waals surface area contributed by atoms with Gasteiger partial charge in [0.05, 0.1) is 10.1 Å². The number of sulfone groups is 1. The second-order valence-corrected chi connectivity index (χ2v) is 9.97. The van der Waals surface area contributed by atoms with Crippen LogP contribution in [0.2, 0.25) is 0 Å². The molecule has 0 spiro atoms. The van der Waals surface area contributed by atoms with E-state index in [1.165, 1.54) is 0 Å². The molecule has 6 heteroatoms. The summed E-state index contributed by atoms with van der Waals surface area (Å²) in [5.41, 5.74) is 1.08. The summed E-state index contributed by atoms with van der Waals surface area (Å²) in [6.45, 7) is 1.97. The van der Waals surface area contributed by atoms with Crippen molar-refractivity contribution in [2.75, 3.05) is 6.61 Å². The molecule has 5 nitrogen and oxygen atoms in total. The van der Waals surface area contributed by atoms with Gasteiger partial charge in [0.15, 0.2) is 16.4 Å². The Kier molecular flexibility index (Phi) is 5.15. The summed E-state index contributed by atoms with van der Waals surface area (Å²) in [7, 11) is -3.37. The number of hydrogen-bond acceptors (Lipinski definition) is 4. The van der Waals surface area contributed by atoms with Crippen LogP contribution < -0.4 is 4.74 Å². The number of carbonyl (C=O) groups excluding carboxylic acids is 1. The van der Waals surface area contributed by atoms with Gasteiger partial charge in [-0.15, -0.1) is 0 Å². The lowest BCUT2D eigenvalue weighted by molar-refractivity contribution is -0.137. The molecule has 28 heavy (non-hydrogen) atoms. The molecule has 148 valence electrons. The van der Waals surface area contributed by atoms with Crippen LogP contribution in [0.3, 0.4) is 0 Å². The molecule has 1 amide bonds. The van der Waals surface area contributed by atoms with Crippen molar-refractivity contribution in [2.24, 2.45) is 0 Å². The molecule has 2 aliphatic rings. The molecule has 2 unspecified atom stereocenters. The molecule has 2 aromatic rings. The van der Waals surface area contributed by atoms with Gasteiger partial charge in [-0.3, -0.25) is 4.79 Å². The number of carbonyl (C=O) groups is 1. The van der Waals surface area contributed by atoms with Gasteiger partial charge in [0.1, 0.15) is 5.75 Å². The molecular weight excluding hydrogens is 374 g/mol. The minimum Gasteiger partial charge on any atom is -0.484 e. The Balaban J connectivity index is 1.43. The Bertz CT molecular complexity index is 944. The van der Waals surface area contributed by atoms with E-state index in [1.54, 1.807) is 24.3 Å². The normalized spacial score (nSPS) is 24.2. The highest BCUT2D eigenvalue weighted by Crippen LogP contribution is 2.39. The molecule has 2 aromatic carbocycles. The van der Waals surface area contributed by atoms with E-state index in [9.17, 15) is 13.2 Å². The molecule has 0 saturated carbocycles. The topological polar surface area (TPSA) is 63.7 Å². The van der Waals surface area contributed by atoms with Crippen LogP contribution in [0, 0.1) is 6.92 Å². The van der Waals surface area contributed by atoms with Crippen LogP contribution in [0.25, 0.3) is 0 Å². The first-order valence-electron chi connectivity index (χ1n) is 9.75. The maximum absolute atomic E-state index is 13.0. The quantitative estimate of drug-likeness (QED) is 0.773. The summed E-state index contributed by atoms with van der Waals surface area (Å²) in [5, 5.41) is -0.422. The molecule has 0 radical (unpaired) electrons. The molecule has 2 saturated heterocycles. The molecule has 0 aromatic heterocycles. The van der Waals surface area contributed by atoms with Crippen molar-refractivity contribution < 1.29 is 17.9 Å². The number of fused-ring (bicyclic) bond motifs is 2. The number of amides is 1. The van der Waals surface area contributed by atoms with E-state index in [-0.39, 0.29) is 24.6 Å². The summed E-state index contributed by atoms with van der Waals surface area (Å²) in [6, 6.07) is 16.2. The van der Waals surface area contributed by atoms with Crippen molar-refractivity contribution in [1.82, 2.24) is 4.90 Å². The van der Waals surface area contributed by atoms with Gasteiger partial charge in [0.2, 0.25) is 0 Å². The van der Waals surface area contributed by atoms with E-state index in [1.807, 2.05) is 42.2 Å². The lowest BCUT2D eigenvalue weighted by Crippen LogP contribution is -2.51. The number of aryl methyl sites for hydroxylation is 1. The standard InChI is InChI=1S/C22H25NO4S/c1-16-6-5-7-19(12-16)27-15-22(24)23-17-10-11-18(23)14-21(13-17)28(25,26)20-8-3-2-4-9-20/h2-9,12,17-18,21H,10-11,13-15H2,1H3. The number of ether oxygens (including phenoxy) is 1. The highest BCUT2D eigenvalue weighted by atomic mass is 32.2. The van der Waals surface area contributed by atoms with Gasteiger partial charge in [0, 0.05) is 12.1 Å². The van der Waals surface area contributed by atoms with Crippen LogP contribution >= 0.6 is 0 Å². The van der Waals surface area contributed by atoms with Crippen molar-refractivity contribution in [3.63, 3.8) is 0 Å². The Morgan fingerprint density at radius 2 is 1.71 bits per heavy atom. The van der Waals surface area contributed by atoms with Crippen LogP contribution in [0.4, 0.5) is 0 Å². The molecular formula is C22H25NO4S. The number of hydrogen-bond donors (Lipinski definition) is 0. The first-order valence-corrected chi connectivity index (χ1v) is 11.3. The van der Waals surface area contributed by atoms with Gasteiger partial charge in [-0.2, -0.15) is 0 Å². The maximum atomic E-state index is 13.0. The number of benzene rings is 2. The second kappa shape index (κ2) is 7.59. The minimum atomic E-state index is -3.37. The highest BCUT2D eigenvalue weighted by Gasteiger charge is 2.47. The fourth-order valence-corrected chi connectivity index (χ4v) is 6.39. The van der Waals surface area contributed by atoms with Gasteiger partial charge in [-0.1, -0.05) is 30.3 Å². The molecule has 2 heterocycles. The lowest BCUT2D eigenvalue weighted by Gasteiger charge is -2.38. The molecule has 2 fully saturated rings. The maximum Gasteiger partial charge on any atom is 0.261 e. The molecule has 2 bridgehead atoms. The monoisotopic (exact) mass is 399 g/mol. The SMILES string of the molecule is Cc1cccc(OCC(=O)N2C3CCC2CC(S(=O)(=O)c2ccccc2)C3)c1. The predicted octanol–water partition coefficient (Wildman–Crippen LogP) is 3.37. The first-order chi connectivity index (χ1) is 13.4. The van der Waals surface area contributed by atoms with Crippen molar-refractivity contribution in [3.8, 4) is 5.75 Å². The fourth-order valence-electron chi connectivity index (χ4n) is 4.52. The predicted molar refractivity (Wildman–Crippen MR) is 107 cm³/mol. The molecule has 4 rings (SSSR count). The van der Waals surface area contributed by atoms with Crippen molar-refractivity contribution in [2.45, 2.75) is 54.8 Å². The van der Waals surface area contributed by atoms with E-state index < -0.39 is 15.1 Å². The summed E-state index contributed by atoms with van der Waals surface area (Å²) < 4.78 is 31.7. The van der Waals surface area contributed by atoms with Crippen LogP contribution in [0.15, 0.2) is 59.5 Å². The molecule has 0 aliphatic carbocycles. The molecule has 2 aliphatic heterocycles. The zero-order chi connectivity index (χ0) is 19.7. The smallest absolute Gasteiger partial charge is 0.261 e. The van der Waals surface area contributed by atoms with Gasteiger partial charge < -0.3 is 9.64 Å². The van der Waals surface area contributed by atoms with Gasteiger partial charge >= 0.3 is 0 Å². The van der Waals surface area contributed by atoms with Gasteiger partial charge in [-0.05, 0) is 62.4 Å². The third kappa shape index (κ3) is 3.65. The van der Waals surface area contributed by atoms with Crippen LogP contribution in [0.1, 0.15) is 31.2 Å². The third-order valence-electron chi connectivity index (χ3n) is 5.84. The van der Waals surface area contributed by atoms with E-state index in [2.05, 4.69) is 0 Å². The zero-order valence-corrected chi connectivity index (χ0v) is 16.8. The highest BCUT2D eigenvalue weighted by molar-refractivity contribution is 7.92. The Morgan fingerprint density at radius 3 is 2.36 bits per heavy atom. The Morgan fingerprint density at radius 1 is 1.04 bits per heavy atom.